The van der Waals surface area contributed by atoms with Crippen molar-refractivity contribution >= 4 is 23.2 Å². The zero-order valence-corrected chi connectivity index (χ0v) is 14.7. The van der Waals surface area contributed by atoms with Crippen LogP contribution in [0.2, 0.25) is 10.0 Å². The number of hydrogen-bond donors (Lipinski definition) is 1. The molecular weight excluding hydrogens is 333 g/mol. The Labute approximate surface area is 145 Å². The van der Waals surface area contributed by atoms with Crippen LogP contribution in [-0.4, -0.2) is 21.4 Å². The maximum absolute atomic E-state index is 12.2. The van der Waals surface area contributed by atoms with Crippen LogP contribution in [0.15, 0.2) is 23.0 Å². The molecule has 0 saturated heterocycles. The second-order valence-corrected chi connectivity index (χ2v) is 6.99. The summed E-state index contributed by atoms with van der Waals surface area (Å²) in [5.41, 5.74) is 2.68. The van der Waals surface area contributed by atoms with E-state index in [1.165, 1.54) is 0 Å². The van der Waals surface area contributed by atoms with Crippen LogP contribution in [0.4, 0.5) is 0 Å². The largest absolute Gasteiger partial charge is 0.310 e. The molecular formula is C17H19Cl2N3O. The fraction of sp³-hybridized carbons (Fsp3) is 0.412. The first-order valence-corrected chi connectivity index (χ1v) is 8.48. The van der Waals surface area contributed by atoms with Crippen molar-refractivity contribution < 1.29 is 0 Å². The minimum atomic E-state index is -0.000798. The van der Waals surface area contributed by atoms with Crippen LogP contribution in [-0.2, 0) is 19.5 Å². The summed E-state index contributed by atoms with van der Waals surface area (Å²) in [6.07, 6.45) is 0.703. The Kier molecular flexibility index (Phi) is 4.76. The molecule has 0 aliphatic carbocycles. The van der Waals surface area contributed by atoms with Crippen molar-refractivity contribution in [1.29, 1.82) is 0 Å². The maximum atomic E-state index is 12.2. The molecule has 23 heavy (non-hydrogen) atoms. The fourth-order valence-corrected chi connectivity index (χ4v) is 3.21. The number of rotatable bonds is 3. The highest BCUT2D eigenvalue weighted by Crippen LogP contribution is 2.27. The standard InChI is InChI=1S/C17H19Cl2N3O/c1-10(2)16-20-14-9-22(7-6-12(14)17(23)21-16)8-11-4-3-5-13(18)15(11)19/h3-5,10H,6-9H2,1-2H3,(H,20,21,23). The molecule has 0 amide bonds. The lowest BCUT2D eigenvalue weighted by Crippen LogP contribution is -2.35. The topological polar surface area (TPSA) is 49.0 Å². The molecule has 6 heteroatoms. The van der Waals surface area contributed by atoms with Crippen molar-refractivity contribution in [2.24, 2.45) is 0 Å². The Morgan fingerprint density at radius 1 is 1.35 bits per heavy atom. The van der Waals surface area contributed by atoms with Gasteiger partial charge in [0, 0.05) is 31.1 Å². The number of hydrogen-bond acceptors (Lipinski definition) is 3. The molecule has 122 valence electrons. The van der Waals surface area contributed by atoms with E-state index in [4.69, 9.17) is 23.2 Å². The number of benzene rings is 1. The van der Waals surface area contributed by atoms with Gasteiger partial charge in [-0.25, -0.2) is 4.98 Å². The zero-order valence-electron chi connectivity index (χ0n) is 13.2. The molecule has 2 aromatic rings. The smallest absolute Gasteiger partial charge is 0.254 e. The molecule has 0 bridgehead atoms. The number of halogens is 2. The van der Waals surface area contributed by atoms with Gasteiger partial charge < -0.3 is 4.98 Å². The number of aromatic nitrogens is 2. The first-order chi connectivity index (χ1) is 11.0. The molecule has 1 aromatic carbocycles. The van der Waals surface area contributed by atoms with Gasteiger partial charge in [-0.3, -0.25) is 9.69 Å². The normalized spacial score (nSPS) is 15.0. The van der Waals surface area contributed by atoms with Crippen LogP contribution in [0.5, 0.6) is 0 Å². The van der Waals surface area contributed by atoms with Crippen LogP contribution >= 0.6 is 23.2 Å². The van der Waals surface area contributed by atoms with E-state index in [0.717, 1.165) is 29.2 Å². The van der Waals surface area contributed by atoms with Crippen LogP contribution in [0, 0.1) is 0 Å². The Balaban J connectivity index is 1.85. The third-order valence-corrected chi connectivity index (χ3v) is 5.00. The molecule has 0 fully saturated rings. The lowest BCUT2D eigenvalue weighted by atomic mass is 10.0. The van der Waals surface area contributed by atoms with E-state index in [0.29, 0.717) is 29.6 Å². The van der Waals surface area contributed by atoms with Crippen LogP contribution in [0.3, 0.4) is 0 Å². The second-order valence-electron chi connectivity index (χ2n) is 6.20. The van der Waals surface area contributed by atoms with Crippen molar-refractivity contribution in [3.05, 3.63) is 61.2 Å². The predicted octanol–water partition coefficient (Wildman–Crippen LogP) is 3.76. The van der Waals surface area contributed by atoms with E-state index in [1.807, 2.05) is 26.0 Å². The summed E-state index contributed by atoms with van der Waals surface area (Å²) >= 11 is 12.4. The third-order valence-electron chi connectivity index (χ3n) is 4.14. The minimum absolute atomic E-state index is 0.000798. The average Bonchev–Trinajstić information content (AvgIpc) is 2.51. The molecule has 1 aromatic heterocycles. The van der Waals surface area contributed by atoms with Crippen molar-refractivity contribution in [2.75, 3.05) is 6.54 Å². The first-order valence-electron chi connectivity index (χ1n) is 7.73. The van der Waals surface area contributed by atoms with E-state index in [9.17, 15) is 4.79 Å². The Hall–Kier alpha value is -1.36. The quantitative estimate of drug-likeness (QED) is 0.915. The molecule has 0 unspecified atom stereocenters. The van der Waals surface area contributed by atoms with Crippen LogP contribution < -0.4 is 5.56 Å². The van der Waals surface area contributed by atoms with E-state index in [2.05, 4.69) is 14.9 Å². The molecule has 0 radical (unpaired) electrons. The zero-order chi connectivity index (χ0) is 16.6. The summed E-state index contributed by atoms with van der Waals surface area (Å²) in [4.78, 5) is 22.0. The Morgan fingerprint density at radius 3 is 2.87 bits per heavy atom. The highest BCUT2D eigenvalue weighted by atomic mass is 35.5. The van der Waals surface area contributed by atoms with Crippen molar-refractivity contribution in [1.82, 2.24) is 14.9 Å². The van der Waals surface area contributed by atoms with Crippen LogP contribution in [0.25, 0.3) is 0 Å². The highest BCUT2D eigenvalue weighted by Gasteiger charge is 2.22. The predicted molar refractivity (Wildman–Crippen MR) is 93.2 cm³/mol. The third kappa shape index (κ3) is 3.44. The maximum Gasteiger partial charge on any atom is 0.254 e. The van der Waals surface area contributed by atoms with Gasteiger partial charge in [0.1, 0.15) is 5.82 Å². The summed E-state index contributed by atoms with van der Waals surface area (Å²) in [6, 6.07) is 5.67. The summed E-state index contributed by atoms with van der Waals surface area (Å²) in [7, 11) is 0. The molecule has 1 N–H and O–H groups in total. The second kappa shape index (κ2) is 6.63. The monoisotopic (exact) mass is 351 g/mol. The summed E-state index contributed by atoms with van der Waals surface area (Å²) in [5, 5.41) is 1.17. The van der Waals surface area contributed by atoms with Gasteiger partial charge in [0.25, 0.3) is 5.56 Å². The van der Waals surface area contributed by atoms with E-state index in [-0.39, 0.29) is 11.5 Å². The number of aromatic amines is 1. The van der Waals surface area contributed by atoms with Gasteiger partial charge in [0.15, 0.2) is 0 Å². The molecule has 0 atom stereocenters. The summed E-state index contributed by atoms with van der Waals surface area (Å²) in [5.74, 6) is 0.946. The fourth-order valence-electron chi connectivity index (χ4n) is 2.83. The minimum Gasteiger partial charge on any atom is -0.310 e. The lowest BCUT2D eigenvalue weighted by Gasteiger charge is -2.28. The number of fused-ring (bicyclic) bond motifs is 1. The van der Waals surface area contributed by atoms with Gasteiger partial charge in [0.2, 0.25) is 0 Å². The number of H-pyrrole nitrogens is 1. The van der Waals surface area contributed by atoms with E-state index < -0.39 is 0 Å². The molecule has 1 aliphatic rings. The van der Waals surface area contributed by atoms with Gasteiger partial charge in [-0.15, -0.1) is 0 Å². The molecule has 2 heterocycles. The Bertz CT molecular complexity index is 786. The highest BCUT2D eigenvalue weighted by molar-refractivity contribution is 6.42. The average molecular weight is 352 g/mol. The molecule has 1 aliphatic heterocycles. The van der Waals surface area contributed by atoms with Gasteiger partial charge in [-0.1, -0.05) is 49.2 Å². The van der Waals surface area contributed by atoms with Gasteiger partial charge in [-0.2, -0.15) is 0 Å². The van der Waals surface area contributed by atoms with Crippen LogP contribution in [0.1, 0.15) is 42.4 Å². The molecule has 3 rings (SSSR count). The number of nitrogens with one attached hydrogen (secondary N) is 1. The lowest BCUT2D eigenvalue weighted by molar-refractivity contribution is 0.240. The first kappa shape index (κ1) is 16.5. The van der Waals surface area contributed by atoms with Gasteiger partial charge in [-0.05, 0) is 18.1 Å². The molecule has 0 spiro atoms. The van der Waals surface area contributed by atoms with Crippen molar-refractivity contribution in [2.45, 2.75) is 39.3 Å². The van der Waals surface area contributed by atoms with Gasteiger partial charge >= 0.3 is 0 Å². The van der Waals surface area contributed by atoms with E-state index in [1.54, 1.807) is 6.07 Å². The molecule has 4 nitrogen and oxygen atoms in total. The SMILES string of the molecule is CC(C)c1nc2c(c(=O)[nH]1)CCN(Cc1cccc(Cl)c1Cl)C2. The van der Waals surface area contributed by atoms with E-state index >= 15 is 0 Å². The van der Waals surface area contributed by atoms with Crippen molar-refractivity contribution in [3.8, 4) is 0 Å². The molecule has 0 saturated carbocycles. The summed E-state index contributed by atoms with van der Waals surface area (Å²) < 4.78 is 0. The van der Waals surface area contributed by atoms with Gasteiger partial charge in [0.05, 0.1) is 15.7 Å². The Morgan fingerprint density at radius 2 is 2.13 bits per heavy atom. The summed E-state index contributed by atoms with van der Waals surface area (Å²) in [6.45, 7) is 6.21. The van der Waals surface area contributed by atoms with Crippen molar-refractivity contribution in [3.63, 3.8) is 0 Å². The number of nitrogens with zero attached hydrogens (tertiary/aromatic N) is 2.